The molecule has 0 rings (SSSR count). The highest BCUT2D eigenvalue weighted by molar-refractivity contribution is 6.43. The molecule has 0 aliphatic heterocycles. The van der Waals surface area contributed by atoms with E-state index in [0.717, 1.165) is 0 Å². The SMILES string of the molecule is FC(F)C(OC(Cl)Cl)C(F)F. The Hall–Kier alpha value is 0.260. The highest BCUT2D eigenvalue weighted by Crippen LogP contribution is 2.19. The van der Waals surface area contributed by atoms with Gasteiger partial charge >= 0.3 is 0 Å². The van der Waals surface area contributed by atoms with Crippen molar-refractivity contribution in [2.75, 3.05) is 0 Å². The topological polar surface area (TPSA) is 9.23 Å². The van der Waals surface area contributed by atoms with E-state index < -0.39 is 24.0 Å². The van der Waals surface area contributed by atoms with E-state index in [0.29, 0.717) is 0 Å². The summed E-state index contributed by atoms with van der Waals surface area (Å²) >= 11 is 9.67. The largest absolute Gasteiger partial charge is 0.333 e. The molecule has 7 heteroatoms. The zero-order chi connectivity index (χ0) is 9.02. The van der Waals surface area contributed by atoms with E-state index in [4.69, 9.17) is 23.2 Å². The lowest BCUT2D eigenvalue weighted by Gasteiger charge is -2.15. The summed E-state index contributed by atoms with van der Waals surface area (Å²) in [5.41, 5.74) is 0. The summed E-state index contributed by atoms with van der Waals surface area (Å²) in [6.07, 6.45) is -9.11. The van der Waals surface area contributed by atoms with Crippen molar-refractivity contribution in [1.29, 1.82) is 0 Å². The smallest absolute Gasteiger partial charge is 0.270 e. The first-order valence-electron chi connectivity index (χ1n) is 2.45. The molecule has 0 aromatic carbocycles. The molecular formula is C4H4Cl2F4O. The van der Waals surface area contributed by atoms with E-state index in [1.54, 1.807) is 0 Å². The van der Waals surface area contributed by atoms with Crippen LogP contribution >= 0.6 is 23.2 Å². The van der Waals surface area contributed by atoms with Gasteiger partial charge in [0.05, 0.1) is 0 Å². The molecule has 0 heterocycles. The maximum absolute atomic E-state index is 11.6. The Morgan fingerprint density at radius 1 is 0.909 bits per heavy atom. The summed E-state index contributed by atoms with van der Waals surface area (Å²) in [6, 6.07) is 0. The van der Waals surface area contributed by atoms with Gasteiger partial charge in [-0.25, -0.2) is 17.6 Å². The Morgan fingerprint density at radius 2 is 1.27 bits per heavy atom. The number of alkyl halides is 6. The Balaban J connectivity index is 3.90. The van der Waals surface area contributed by atoms with Gasteiger partial charge in [-0.1, -0.05) is 23.2 Å². The Kier molecular flexibility index (Phi) is 5.12. The number of rotatable bonds is 4. The van der Waals surface area contributed by atoms with Crippen molar-refractivity contribution in [3.8, 4) is 0 Å². The molecule has 0 aromatic rings. The minimum Gasteiger partial charge on any atom is -0.333 e. The maximum Gasteiger partial charge on any atom is 0.270 e. The van der Waals surface area contributed by atoms with Crippen molar-refractivity contribution in [2.24, 2.45) is 0 Å². The van der Waals surface area contributed by atoms with Gasteiger partial charge in [-0.05, 0) is 0 Å². The minimum atomic E-state index is -3.30. The molecule has 0 saturated heterocycles. The van der Waals surface area contributed by atoms with Crippen LogP contribution in [0, 0.1) is 0 Å². The Morgan fingerprint density at radius 3 is 1.36 bits per heavy atom. The average molecular weight is 215 g/mol. The van der Waals surface area contributed by atoms with Crippen LogP contribution in [0.1, 0.15) is 0 Å². The Bertz CT molecular complexity index is 102. The fourth-order valence-electron chi connectivity index (χ4n) is 0.348. The van der Waals surface area contributed by atoms with Crippen molar-refractivity contribution in [1.82, 2.24) is 0 Å². The molecule has 0 aromatic heterocycles. The van der Waals surface area contributed by atoms with Crippen molar-refractivity contribution < 1.29 is 22.3 Å². The first-order valence-corrected chi connectivity index (χ1v) is 3.32. The molecule has 0 aliphatic rings. The van der Waals surface area contributed by atoms with Crippen LogP contribution in [-0.2, 0) is 4.74 Å². The van der Waals surface area contributed by atoms with Gasteiger partial charge in [0.15, 0.2) is 6.10 Å². The summed E-state index contributed by atoms with van der Waals surface area (Å²) < 4.78 is 50.2. The zero-order valence-corrected chi connectivity index (χ0v) is 6.50. The molecule has 0 fully saturated rings. The van der Waals surface area contributed by atoms with Crippen molar-refractivity contribution >= 4 is 23.2 Å². The normalized spacial score (nSPS) is 12.5. The van der Waals surface area contributed by atoms with E-state index in [-0.39, 0.29) is 0 Å². The van der Waals surface area contributed by atoms with Crippen LogP contribution in [0.4, 0.5) is 17.6 Å². The van der Waals surface area contributed by atoms with Crippen LogP contribution < -0.4 is 0 Å². The predicted molar refractivity (Wildman–Crippen MR) is 32.4 cm³/mol. The fourth-order valence-corrected chi connectivity index (χ4v) is 0.585. The standard InChI is InChI=1S/C4H4Cl2F4O/c5-4(6)11-1(2(7)8)3(9)10/h1-4H. The molecule has 0 atom stereocenters. The van der Waals surface area contributed by atoms with Gasteiger partial charge in [0.1, 0.15) is 0 Å². The maximum atomic E-state index is 11.6. The molecular weight excluding hydrogens is 211 g/mol. The summed E-state index contributed by atoms with van der Waals surface area (Å²) in [7, 11) is 0. The zero-order valence-electron chi connectivity index (χ0n) is 4.99. The molecule has 0 N–H and O–H groups in total. The summed E-state index contributed by atoms with van der Waals surface area (Å²) in [5, 5.41) is -1.66. The number of halogens is 6. The van der Waals surface area contributed by atoms with E-state index >= 15 is 0 Å². The molecule has 0 unspecified atom stereocenters. The monoisotopic (exact) mass is 214 g/mol. The predicted octanol–water partition coefficient (Wildman–Crippen LogP) is 2.66. The third-order valence-electron chi connectivity index (χ3n) is 0.757. The van der Waals surface area contributed by atoms with Crippen LogP contribution in [0.5, 0.6) is 0 Å². The van der Waals surface area contributed by atoms with E-state index in [1.807, 2.05) is 0 Å². The van der Waals surface area contributed by atoms with Gasteiger partial charge in [-0.15, -0.1) is 0 Å². The van der Waals surface area contributed by atoms with Crippen molar-refractivity contribution in [3.63, 3.8) is 0 Å². The lowest BCUT2D eigenvalue weighted by molar-refractivity contribution is -0.123. The third kappa shape index (κ3) is 4.66. The fraction of sp³-hybridized carbons (Fsp3) is 1.00. The first-order chi connectivity index (χ1) is 4.95. The lowest BCUT2D eigenvalue weighted by atomic mass is 10.4. The quantitative estimate of drug-likeness (QED) is 0.517. The average Bonchev–Trinajstić information content (AvgIpc) is 1.81. The Labute approximate surface area is 70.2 Å². The van der Waals surface area contributed by atoms with E-state index in [2.05, 4.69) is 4.74 Å². The highest BCUT2D eigenvalue weighted by Gasteiger charge is 2.32. The minimum absolute atomic E-state index is 1.66. The molecule has 68 valence electrons. The molecule has 0 bridgehead atoms. The van der Waals surface area contributed by atoms with Gasteiger partial charge < -0.3 is 4.74 Å². The summed E-state index contributed by atoms with van der Waals surface area (Å²) in [5.74, 6) is 0. The van der Waals surface area contributed by atoms with Crippen LogP contribution in [-0.4, -0.2) is 24.0 Å². The van der Waals surface area contributed by atoms with Gasteiger partial charge in [0, 0.05) is 0 Å². The molecule has 0 radical (unpaired) electrons. The van der Waals surface area contributed by atoms with Gasteiger partial charge in [0.2, 0.25) is 5.02 Å². The van der Waals surface area contributed by atoms with Gasteiger partial charge in [-0.3, -0.25) is 0 Å². The first kappa shape index (κ1) is 11.3. The highest BCUT2D eigenvalue weighted by atomic mass is 35.5. The molecule has 0 saturated carbocycles. The second kappa shape index (κ2) is 5.00. The van der Waals surface area contributed by atoms with E-state index in [9.17, 15) is 17.6 Å². The van der Waals surface area contributed by atoms with Crippen molar-refractivity contribution in [3.05, 3.63) is 0 Å². The molecule has 11 heavy (non-hydrogen) atoms. The number of hydrogen-bond acceptors (Lipinski definition) is 1. The van der Waals surface area contributed by atoms with Crippen LogP contribution in [0.3, 0.4) is 0 Å². The number of ether oxygens (including phenoxy) is 1. The van der Waals surface area contributed by atoms with Gasteiger partial charge in [0.25, 0.3) is 12.9 Å². The van der Waals surface area contributed by atoms with Crippen LogP contribution in [0.25, 0.3) is 0 Å². The second-order valence-corrected chi connectivity index (χ2v) is 2.55. The lowest BCUT2D eigenvalue weighted by Crippen LogP contribution is -2.31. The van der Waals surface area contributed by atoms with E-state index in [1.165, 1.54) is 0 Å². The van der Waals surface area contributed by atoms with Crippen LogP contribution in [0.15, 0.2) is 0 Å². The summed E-state index contributed by atoms with van der Waals surface area (Å²) in [6.45, 7) is 0. The molecule has 0 aliphatic carbocycles. The third-order valence-corrected chi connectivity index (χ3v) is 0.962. The van der Waals surface area contributed by atoms with Gasteiger partial charge in [-0.2, -0.15) is 0 Å². The van der Waals surface area contributed by atoms with Crippen LogP contribution in [0.2, 0.25) is 0 Å². The molecule has 0 spiro atoms. The summed E-state index contributed by atoms with van der Waals surface area (Å²) in [4.78, 5) is 0. The number of hydrogen-bond donors (Lipinski definition) is 0. The molecule has 0 amide bonds. The molecule has 1 nitrogen and oxygen atoms in total. The second-order valence-electron chi connectivity index (χ2n) is 1.53. The van der Waals surface area contributed by atoms with Crippen molar-refractivity contribution in [2.45, 2.75) is 24.0 Å².